The number of benzene rings is 1. The van der Waals surface area contributed by atoms with E-state index in [1.807, 2.05) is 6.07 Å². The molecule has 1 aliphatic rings. The second-order valence-corrected chi connectivity index (χ2v) is 5.75. The Balaban J connectivity index is 1.85. The van der Waals surface area contributed by atoms with Crippen molar-refractivity contribution >= 4 is 0 Å². The Bertz CT molecular complexity index is 453. The minimum atomic E-state index is -0.221. The molecule has 2 rings (SSSR count). The molecule has 19 heavy (non-hydrogen) atoms. The zero-order chi connectivity index (χ0) is 13.7. The highest BCUT2D eigenvalue weighted by atomic mass is 19.1. The Morgan fingerprint density at radius 2 is 1.89 bits per heavy atom. The standard InChI is InChI=1S/C17H22FN/c1-2-13-3-5-14(6-4-13)7-9-16-10-8-15(12-19)11-17(16)18/h8,10-11,13-14H,2-7,9H2,1H3. The molecule has 0 atom stereocenters. The van der Waals surface area contributed by atoms with Gasteiger partial charge in [-0.1, -0.05) is 45.1 Å². The van der Waals surface area contributed by atoms with E-state index in [1.54, 1.807) is 12.1 Å². The molecule has 0 aromatic heterocycles. The van der Waals surface area contributed by atoms with Crippen LogP contribution in [0, 0.1) is 29.0 Å². The van der Waals surface area contributed by atoms with Crippen LogP contribution in [0.5, 0.6) is 0 Å². The van der Waals surface area contributed by atoms with Crippen LogP contribution in [0.25, 0.3) is 0 Å². The summed E-state index contributed by atoms with van der Waals surface area (Å²) in [5.74, 6) is 1.46. The second kappa shape index (κ2) is 6.70. The van der Waals surface area contributed by atoms with Crippen molar-refractivity contribution in [1.29, 1.82) is 5.26 Å². The SMILES string of the molecule is CCC1CCC(CCc2ccc(C#N)cc2F)CC1. The fourth-order valence-electron chi connectivity index (χ4n) is 3.11. The Kier molecular flexibility index (Phi) is 4.96. The smallest absolute Gasteiger partial charge is 0.127 e. The van der Waals surface area contributed by atoms with Gasteiger partial charge in [0.25, 0.3) is 0 Å². The van der Waals surface area contributed by atoms with E-state index in [1.165, 1.54) is 38.2 Å². The molecule has 0 saturated heterocycles. The summed E-state index contributed by atoms with van der Waals surface area (Å²) in [5, 5.41) is 8.72. The van der Waals surface area contributed by atoms with Crippen molar-refractivity contribution in [3.8, 4) is 6.07 Å². The van der Waals surface area contributed by atoms with Crippen molar-refractivity contribution in [2.24, 2.45) is 11.8 Å². The van der Waals surface area contributed by atoms with E-state index >= 15 is 0 Å². The topological polar surface area (TPSA) is 23.8 Å². The fraction of sp³-hybridized carbons (Fsp3) is 0.588. The van der Waals surface area contributed by atoms with Gasteiger partial charge in [0.05, 0.1) is 11.6 Å². The molecule has 1 saturated carbocycles. The molecule has 1 fully saturated rings. The van der Waals surface area contributed by atoms with Gasteiger partial charge < -0.3 is 0 Å². The minimum Gasteiger partial charge on any atom is -0.207 e. The van der Waals surface area contributed by atoms with Crippen LogP contribution >= 0.6 is 0 Å². The molecular formula is C17H22FN. The summed E-state index contributed by atoms with van der Waals surface area (Å²) >= 11 is 0. The van der Waals surface area contributed by atoms with E-state index in [0.29, 0.717) is 5.56 Å². The molecule has 0 radical (unpaired) electrons. The van der Waals surface area contributed by atoms with Gasteiger partial charge in [-0.05, 0) is 42.4 Å². The maximum absolute atomic E-state index is 13.8. The molecule has 1 aromatic carbocycles. The monoisotopic (exact) mass is 259 g/mol. The van der Waals surface area contributed by atoms with Crippen LogP contribution in [-0.4, -0.2) is 0 Å². The molecule has 0 spiro atoms. The third-order valence-electron chi connectivity index (χ3n) is 4.55. The normalized spacial score (nSPS) is 23.0. The number of nitrogens with zero attached hydrogens (tertiary/aromatic N) is 1. The van der Waals surface area contributed by atoms with Crippen LogP contribution in [0.15, 0.2) is 18.2 Å². The van der Waals surface area contributed by atoms with Crippen molar-refractivity contribution in [1.82, 2.24) is 0 Å². The first-order valence-corrected chi connectivity index (χ1v) is 7.41. The van der Waals surface area contributed by atoms with E-state index < -0.39 is 0 Å². The summed E-state index contributed by atoms with van der Waals surface area (Å²) in [5.41, 5.74) is 1.17. The summed E-state index contributed by atoms with van der Waals surface area (Å²) in [6.07, 6.45) is 8.48. The van der Waals surface area contributed by atoms with E-state index in [-0.39, 0.29) is 5.82 Å². The average Bonchev–Trinajstić information content (AvgIpc) is 2.46. The zero-order valence-corrected chi connectivity index (χ0v) is 11.7. The number of aryl methyl sites for hydroxylation is 1. The van der Waals surface area contributed by atoms with E-state index in [4.69, 9.17) is 5.26 Å². The first-order chi connectivity index (χ1) is 9.22. The van der Waals surface area contributed by atoms with E-state index in [2.05, 4.69) is 6.92 Å². The summed E-state index contributed by atoms with van der Waals surface area (Å²) in [6, 6.07) is 6.81. The third-order valence-corrected chi connectivity index (χ3v) is 4.55. The van der Waals surface area contributed by atoms with E-state index in [0.717, 1.165) is 30.2 Å². The summed E-state index contributed by atoms with van der Waals surface area (Å²) in [7, 11) is 0. The molecule has 2 heteroatoms. The minimum absolute atomic E-state index is 0.221. The Labute approximate surface area is 115 Å². The highest BCUT2D eigenvalue weighted by Gasteiger charge is 2.20. The van der Waals surface area contributed by atoms with Gasteiger partial charge in [-0.2, -0.15) is 5.26 Å². The van der Waals surface area contributed by atoms with Crippen LogP contribution in [-0.2, 0) is 6.42 Å². The number of nitriles is 1. The van der Waals surface area contributed by atoms with Gasteiger partial charge in [-0.25, -0.2) is 4.39 Å². The van der Waals surface area contributed by atoms with Gasteiger partial charge in [0, 0.05) is 0 Å². The van der Waals surface area contributed by atoms with Gasteiger partial charge in [0.1, 0.15) is 5.82 Å². The first kappa shape index (κ1) is 14.1. The molecule has 0 bridgehead atoms. The van der Waals surface area contributed by atoms with Gasteiger partial charge >= 0.3 is 0 Å². The molecule has 0 heterocycles. The first-order valence-electron chi connectivity index (χ1n) is 7.41. The Hall–Kier alpha value is -1.36. The summed E-state index contributed by atoms with van der Waals surface area (Å²) in [6.45, 7) is 2.27. The van der Waals surface area contributed by atoms with Gasteiger partial charge in [0.15, 0.2) is 0 Å². The van der Waals surface area contributed by atoms with Crippen LogP contribution in [0.1, 0.15) is 56.6 Å². The zero-order valence-electron chi connectivity index (χ0n) is 11.7. The fourth-order valence-corrected chi connectivity index (χ4v) is 3.11. The van der Waals surface area contributed by atoms with Gasteiger partial charge in [-0.15, -0.1) is 0 Å². The van der Waals surface area contributed by atoms with Crippen LogP contribution in [0.2, 0.25) is 0 Å². The summed E-state index contributed by atoms with van der Waals surface area (Å²) < 4.78 is 13.8. The lowest BCUT2D eigenvalue weighted by atomic mass is 9.78. The second-order valence-electron chi connectivity index (χ2n) is 5.75. The van der Waals surface area contributed by atoms with Crippen LogP contribution in [0.4, 0.5) is 4.39 Å². The van der Waals surface area contributed by atoms with Gasteiger partial charge in [0.2, 0.25) is 0 Å². The highest BCUT2D eigenvalue weighted by Crippen LogP contribution is 2.33. The van der Waals surface area contributed by atoms with Crippen molar-refractivity contribution in [2.45, 2.75) is 51.9 Å². The van der Waals surface area contributed by atoms with Crippen molar-refractivity contribution in [3.63, 3.8) is 0 Å². The molecule has 102 valence electrons. The molecule has 0 unspecified atom stereocenters. The van der Waals surface area contributed by atoms with Crippen molar-refractivity contribution in [3.05, 3.63) is 35.1 Å². The largest absolute Gasteiger partial charge is 0.207 e. The predicted octanol–water partition coefficient (Wildman–Crippen LogP) is 4.85. The lowest BCUT2D eigenvalue weighted by Crippen LogP contribution is -2.14. The highest BCUT2D eigenvalue weighted by molar-refractivity contribution is 5.32. The van der Waals surface area contributed by atoms with Gasteiger partial charge in [-0.3, -0.25) is 0 Å². The van der Waals surface area contributed by atoms with E-state index in [9.17, 15) is 4.39 Å². The number of halogens is 1. The number of hydrogen-bond donors (Lipinski definition) is 0. The molecule has 1 aromatic rings. The van der Waals surface area contributed by atoms with Crippen molar-refractivity contribution in [2.75, 3.05) is 0 Å². The Morgan fingerprint density at radius 3 is 2.47 bits per heavy atom. The lowest BCUT2D eigenvalue weighted by Gasteiger charge is -2.27. The lowest BCUT2D eigenvalue weighted by molar-refractivity contribution is 0.258. The molecule has 0 aliphatic heterocycles. The quantitative estimate of drug-likeness (QED) is 0.758. The van der Waals surface area contributed by atoms with Crippen LogP contribution in [0.3, 0.4) is 0 Å². The maximum atomic E-state index is 13.8. The molecular weight excluding hydrogens is 237 g/mol. The predicted molar refractivity (Wildman–Crippen MR) is 75.2 cm³/mol. The number of rotatable bonds is 4. The third kappa shape index (κ3) is 3.80. The molecule has 1 aliphatic carbocycles. The Morgan fingerprint density at radius 1 is 1.21 bits per heavy atom. The molecule has 1 nitrogen and oxygen atoms in total. The maximum Gasteiger partial charge on any atom is 0.127 e. The molecule has 0 amide bonds. The van der Waals surface area contributed by atoms with Crippen molar-refractivity contribution < 1.29 is 4.39 Å². The molecule has 0 N–H and O–H groups in total. The average molecular weight is 259 g/mol. The summed E-state index contributed by atoms with van der Waals surface area (Å²) in [4.78, 5) is 0. The van der Waals surface area contributed by atoms with Crippen LogP contribution < -0.4 is 0 Å². The number of hydrogen-bond acceptors (Lipinski definition) is 1.